The highest BCUT2D eigenvalue weighted by Crippen LogP contribution is 2.10. The van der Waals surface area contributed by atoms with E-state index < -0.39 is 0 Å². The Labute approximate surface area is 100 Å². The third-order valence-electron chi connectivity index (χ3n) is 1.82. The van der Waals surface area contributed by atoms with E-state index in [1.54, 1.807) is 17.0 Å². The molecule has 0 fully saturated rings. The molecule has 0 aromatic carbocycles. The lowest BCUT2D eigenvalue weighted by Crippen LogP contribution is -2.15. The average molecular weight is 283 g/mol. The van der Waals surface area contributed by atoms with Crippen molar-refractivity contribution in [1.82, 2.24) is 14.5 Å². The summed E-state index contributed by atoms with van der Waals surface area (Å²) in [6.45, 7) is 0. The van der Waals surface area contributed by atoms with Crippen molar-refractivity contribution in [1.29, 1.82) is 0 Å². The van der Waals surface area contributed by atoms with Gasteiger partial charge in [0.15, 0.2) is 0 Å². The molecule has 0 atom stereocenters. The van der Waals surface area contributed by atoms with Gasteiger partial charge in [0.2, 0.25) is 5.95 Å². The first-order valence-electron chi connectivity index (χ1n) is 4.13. The van der Waals surface area contributed by atoms with Crippen LogP contribution in [0.25, 0.3) is 5.95 Å². The Morgan fingerprint density at radius 1 is 1.40 bits per heavy atom. The van der Waals surface area contributed by atoms with Crippen LogP contribution in [0.5, 0.6) is 0 Å². The van der Waals surface area contributed by atoms with Gasteiger partial charge in [-0.25, -0.2) is 9.97 Å². The average Bonchev–Trinajstić information content (AvgIpc) is 2.67. The predicted octanol–water partition coefficient (Wildman–Crippen LogP) is 1.66. The summed E-state index contributed by atoms with van der Waals surface area (Å²) in [5.41, 5.74) is 6.30. The Morgan fingerprint density at radius 2 is 2.07 bits per heavy atom. The number of hydrogen-bond acceptors (Lipinski definition) is 3. The summed E-state index contributed by atoms with van der Waals surface area (Å²) < 4.78 is 2.57. The van der Waals surface area contributed by atoms with E-state index in [1.165, 1.54) is 0 Å². The number of aromatic nitrogens is 3. The highest BCUT2D eigenvalue weighted by molar-refractivity contribution is 9.10. The summed E-state index contributed by atoms with van der Waals surface area (Å²) in [6, 6.07) is 3.67. The molecule has 4 nitrogen and oxygen atoms in total. The van der Waals surface area contributed by atoms with E-state index >= 15 is 0 Å². The first-order valence-corrected chi connectivity index (χ1v) is 5.33. The minimum atomic E-state index is 0.325. The van der Waals surface area contributed by atoms with E-state index in [2.05, 4.69) is 25.9 Å². The van der Waals surface area contributed by atoms with Gasteiger partial charge in [-0.3, -0.25) is 4.57 Å². The molecule has 0 spiro atoms. The molecule has 0 amide bonds. The van der Waals surface area contributed by atoms with Crippen LogP contribution in [0.2, 0.25) is 0 Å². The normalized spacial score (nSPS) is 10.2. The number of nitrogens with two attached hydrogens (primary N) is 1. The number of halogens is 1. The van der Waals surface area contributed by atoms with Gasteiger partial charge in [0.05, 0.1) is 10.2 Å². The molecule has 0 radical (unpaired) electrons. The van der Waals surface area contributed by atoms with Gasteiger partial charge in [-0.1, -0.05) is 12.2 Å². The summed E-state index contributed by atoms with van der Waals surface area (Å²) in [7, 11) is 0. The fourth-order valence-corrected chi connectivity index (χ4v) is 1.56. The molecule has 2 heterocycles. The van der Waals surface area contributed by atoms with Crippen LogP contribution in [-0.2, 0) is 0 Å². The van der Waals surface area contributed by atoms with E-state index in [-0.39, 0.29) is 0 Å². The van der Waals surface area contributed by atoms with Gasteiger partial charge in [-0.05, 0) is 28.1 Å². The van der Waals surface area contributed by atoms with Crippen LogP contribution in [-0.4, -0.2) is 19.5 Å². The van der Waals surface area contributed by atoms with E-state index in [9.17, 15) is 0 Å². The van der Waals surface area contributed by atoms with E-state index in [0.29, 0.717) is 10.9 Å². The highest BCUT2D eigenvalue weighted by atomic mass is 79.9. The van der Waals surface area contributed by atoms with Crippen LogP contribution in [0.3, 0.4) is 0 Å². The van der Waals surface area contributed by atoms with Crippen molar-refractivity contribution in [3.63, 3.8) is 0 Å². The minimum Gasteiger partial charge on any atom is -0.388 e. The summed E-state index contributed by atoms with van der Waals surface area (Å²) >= 11 is 8.19. The zero-order valence-electron chi connectivity index (χ0n) is 7.59. The summed E-state index contributed by atoms with van der Waals surface area (Å²) in [4.78, 5) is 8.63. The van der Waals surface area contributed by atoms with Crippen molar-refractivity contribution in [2.45, 2.75) is 0 Å². The molecule has 0 aliphatic carbocycles. The second-order valence-corrected chi connectivity index (χ2v) is 4.18. The molecule has 0 aliphatic heterocycles. The van der Waals surface area contributed by atoms with Crippen molar-refractivity contribution < 1.29 is 0 Å². The monoisotopic (exact) mass is 282 g/mol. The molecule has 76 valence electrons. The zero-order valence-corrected chi connectivity index (χ0v) is 9.99. The molecule has 6 heteroatoms. The second kappa shape index (κ2) is 4.08. The lowest BCUT2D eigenvalue weighted by atomic mass is 10.4. The third-order valence-corrected chi connectivity index (χ3v) is 2.44. The van der Waals surface area contributed by atoms with Gasteiger partial charge in [0.1, 0.15) is 4.99 Å². The van der Waals surface area contributed by atoms with E-state index in [4.69, 9.17) is 18.0 Å². The molecule has 2 aromatic rings. The number of thiocarbonyl (C=S) groups is 1. The SMILES string of the molecule is NC(=S)c1cccn1-c1ncc(Br)cn1. The molecule has 0 saturated carbocycles. The number of rotatable bonds is 2. The maximum atomic E-state index is 5.57. The maximum absolute atomic E-state index is 5.57. The molecule has 2 rings (SSSR count). The first-order chi connectivity index (χ1) is 7.18. The van der Waals surface area contributed by atoms with Gasteiger partial charge in [-0.2, -0.15) is 0 Å². The van der Waals surface area contributed by atoms with Crippen molar-refractivity contribution >= 4 is 33.1 Å². The Bertz CT molecular complexity index is 491. The molecule has 0 unspecified atom stereocenters. The second-order valence-electron chi connectivity index (χ2n) is 2.83. The topological polar surface area (TPSA) is 56.7 Å². The quantitative estimate of drug-likeness (QED) is 0.852. The Kier molecular flexibility index (Phi) is 2.79. The number of nitrogens with zero attached hydrogens (tertiary/aromatic N) is 3. The molecule has 15 heavy (non-hydrogen) atoms. The first kappa shape index (κ1) is 10.3. The maximum Gasteiger partial charge on any atom is 0.234 e. The van der Waals surface area contributed by atoms with Crippen molar-refractivity contribution in [3.8, 4) is 5.95 Å². The van der Waals surface area contributed by atoms with Crippen LogP contribution < -0.4 is 5.73 Å². The molecule has 2 N–H and O–H groups in total. The smallest absolute Gasteiger partial charge is 0.234 e. The van der Waals surface area contributed by atoms with Gasteiger partial charge in [0, 0.05) is 18.6 Å². The van der Waals surface area contributed by atoms with Gasteiger partial charge < -0.3 is 5.73 Å². The highest BCUT2D eigenvalue weighted by Gasteiger charge is 2.07. The molecule has 0 saturated heterocycles. The summed E-state index contributed by atoms with van der Waals surface area (Å²) in [5, 5.41) is 0. The lowest BCUT2D eigenvalue weighted by molar-refractivity contribution is 0.923. The van der Waals surface area contributed by atoms with Gasteiger partial charge >= 0.3 is 0 Å². The minimum absolute atomic E-state index is 0.325. The Hall–Kier alpha value is -1.27. The lowest BCUT2D eigenvalue weighted by Gasteiger charge is -2.05. The third kappa shape index (κ3) is 2.05. The summed E-state index contributed by atoms with van der Waals surface area (Å²) in [5.74, 6) is 0.547. The van der Waals surface area contributed by atoms with E-state index in [0.717, 1.165) is 10.2 Å². The molecule has 2 aromatic heterocycles. The number of hydrogen-bond donors (Lipinski definition) is 1. The van der Waals surface area contributed by atoms with Crippen LogP contribution in [0, 0.1) is 0 Å². The predicted molar refractivity (Wildman–Crippen MR) is 64.9 cm³/mol. The zero-order chi connectivity index (χ0) is 10.8. The van der Waals surface area contributed by atoms with Crippen molar-refractivity contribution in [3.05, 3.63) is 40.9 Å². The molecule has 0 aliphatic rings. The summed E-state index contributed by atoms with van der Waals surface area (Å²) in [6.07, 6.45) is 5.16. The van der Waals surface area contributed by atoms with Crippen LogP contribution in [0.4, 0.5) is 0 Å². The van der Waals surface area contributed by atoms with Gasteiger partial charge in [0.25, 0.3) is 0 Å². The fraction of sp³-hybridized carbons (Fsp3) is 0. The molecule has 0 bridgehead atoms. The van der Waals surface area contributed by atoms with Crippen LogP contribution >= 0.6 is 28.1 Å². The van der Waals surface area contributed by atoms with Gasteiger partial charge in [-0.15, -0.1) is 0 Å². The van der Waals surface area contributed by atoms with E-state index in [1.807, 2.05) is 18.3 Å². The molecular weight excluding hydrogens is 276 g/mol. The standard InChI is InChI=1S/C9H7BrN4S/c10-6-4-12-9(13-5-6)14-3-1-2-7(14)8(11)15/h1-5H,(H2,11,15). The molecular formula is C9H7BrN4S. The largest absolute Gasteiger partial charge is 0.388 e. The Morgan fingerprint density at radius 3 is 2.67 bits per heavy atom. The van der Waals surface area contributed by atoms with Crippen molar-refractivity contribution in [2.24, 2.45) is 5.73 Å². The Balaban J connectivity index is 2.49. The van der Waals surface area contributed by atoms with Crippen LogP contribution in [0.15, 0.2) is 35.2 Å². The van der Waals surface area contributed by atoms with Crippen molar-refractivity contribution in [2.75, 3.05) is 0 Å². The van der Waals surface area contributed by atoms with Crippen LogP contribution in [0.1, 0.15) is 5.69 Å². The fourth-order valence-electron chi connectivity index (χ4n) is 1.19.